The molecule has 0 aliphatic carbocycles. The van der Waals surface area contributed by atoms with Crippen molar-refractivity contribution in [1.29, 1.82) is 0 Å². The van der Waals surface area contributed by atoms with Crippen molar-refractivity contribution in [3.63, 3.8) is 0 Å². The Kier molecular flexibility index (Phi) is 3.54. The van der Waals surface area contributed by atoms with Crippen molar-refractivity contribution in [1.82, 2.24) is 15.1 Å². The maximum atomic E-state index is 12.6. The van der Waals surface area contributed by atoms with Crippen LogP contribution in [0.2, 0.25) is 0 Å². The fourth-order valence-electron chi connectivity index (χ4n) is 2.91. The van der Waals surface area contributed by atoms with E-state index in [0.717, 1.165) is 22.6 Å². The zero-order valence-electron chi connectivity index (χ0n) is 13.3. The predicted octanol–water partition coefficient (Wildman–Crippen LogP) is 3.04. The van der Waals surface area contributed by atoms with Crippen LogP contribution in [0.25, 0.3) is 5.69 Å². The fraction of sp³-hybridized carbons (Fsp3) is 0.158. The van der Waals surface area contributed by atoms with Crippen LogP contribution in [-0.2, 0) is 0 Å². The molecule has 0 bridgehead atoms. The third kappa shape index (κ3) is 2.54. The summed E-state index contributed by atoms with van der Waals surface area (Å²) in [5.41, 5.74) is 3.20. The van der Waals surface area contributed by atoms with Crippen LogP contribution in [0.5, 0.6) is 5.75 Å². The fourth-order valence-corrected chi connectivity index (χ4v) is 2.91. The summed E-state index contributed by atoms with van der Waals surface area (Å²) in [4.78, 5) is 12.6. The number of rotatable bonds is 3. The van der Waals surface area contributed by atoms with Gasteiger partial charge in [-0.1, -0.05) is 36.4 Å². The molecule has 4 rings (SSSR count). The maximum absolute atomic E-state index is 12.6. The van der Waals surface area contributed by atoms with Gasteiger partial charge in [-0.3, -0.25) is 4.79 Å². The van der Waals surface area contributed by atoms with Gasteiger partial charge in [0, 0.05) is 17.3 Å². The molecule has 0 saturated heterocycles. The SMILES string of the molecule is Cc1cn(-c2ccccc2)nc1C(=O)N[C@@H]1COc2ccccc21. The number of amides is 1. The summed E-state index contributed by atoms with van der Waals surface area (Å²) >= 11 is 0. The van der Waals surface area contributed by atoms with Crippen molar-refractivity contribution in [2.75, 3.05) is 6.61 Å². The first kappa shape index (κ1) is 14.5. The summed E-state index contributed by atoms with van der Waals surface area (Å²) < 4.78 is 7.34. The van der Waals surface area contributed by atoms with Crippen LogP contribution >= 0.6 is 0 Å². The lowest BCUT2D eigenvalue weighted by atomic mass is 10.1. The van der Waals surface area contributed by atoms with Crippen LogP contribution in [0.15, 0.2) is 60.8 Å². The lowest BCUT2D eigenvalue weighted by Gasteiger charge is -2.10. The highest BCUT2D eigenvalue weighted by Crippen LogP contribution is 2.31. The molecular weight excluding hydrogens is 302 g/mol. The van der Waals surface area contributed by atoms with E-state index in [-0.39, 0.29) is 11.9 Å². The molecule has 1 aliphatic rings. The third-order valence-electron chi connectivity index (χ3n) is 4.14. The van der Waals surface area contributed by atoms with Crippen molar-refractivity contribution in [2.24, 2.45) is 0 Å². The molecule has 2 aromatic carbocycles. The Labute approximate surface area is 139 Å². The number of benzene rings is 2. The van der Waals surface area contributed by atoms with Crippen molar-refractivity contribution in [3.05, 3.63) is 77.6 Å². The standard InChI is InChI=1S/C19H17N3O2/c1-13-11-22(14-7-3-2-4-8-14)21-18(13)19(23)20-16-12-24-17-10-6-5-9-15(16)17/h2-11,16H,12H2,1H3,(H,20,23)/t16-/m1/s1. The molecule has 2 heterocycles. The van der Waals surface area contributed by atoms with Crippen LogP contribution in [0, 0.1) is 6.92 Å². The number of hydrogen-bond acceptors (Lipinski definition) is 3. The molecule has 1 aliphatic heterocycles. The molecule has 0 saturated carbocycles. The van der Waals surface area contributed by atoms with Gasteiger partial charge >= 0.3 is 0 Å². The molecule has 5 nitrogen and oxygen atoms in total. The Balaban J connectivity index is 1.57. The average molecular weight is 319 g/mol. The second kappa shape index (κ2) is 5.85. The highest BCUT2D eigenvalue weighted by molar-refractivity contribution is 5.94. The molecule has 0 fully saturated rings. The number of fused-ring (bicyclic) bond motifs is 1. The molecule has 0 spiro atoms. The molecule has 1 aromatic heterocycles. The Morgan fingerprint density at radius 2 is 1.92 bits per heavy atom. The molecular formula is C19H17N3O2. The van der Waals surface area contributed by atoms with Crippen molar-refractivity contribution in [3.8, 4) is 11.4 Å². The molecule has 0 unspecified atom stereocenters. The van der Waals surface area contributed by atoms with E-state index in [1.54, 1.807) is 4.68 Å². The number of aromatic nitrogens is 2. The number of aryl methyl sites for hydroxylation is 1. The molecule has 1 amide bonds. The van der Waals surface area contributed by atoms with Crippen molar-refractivity contribution >= 4 is 5.91 Å². The zero-order valence-corrected chi connectivity index (χ0v) is 13.3. The van der Waals surface area contributed by atoms with Gasteiger partial charge in [-0.2, -0.15) is 5.10 Å². The minimum atomic E-state index is -0.188. The molecule has 5 heteroatoms. The van der Waals surface area contributed by atoms with Gasteiger partial charge in [0.2, 0.25) is 0 Å². The summed E-state index contributed by atoms with van der Waals surface area (Å²) in [7, 11) is 0. The summed E-state index contributed by atoms with van der Waals surface area (Å²) in [5.74, 6) is 0.641. The van der Waals surface area contributed by atoms with Gasteiger partial charge in [0.05, 0.1) is 11.7 Å². The Morgan fingerprint density at radius 3 is 2.75 bits per heavy atom. The van der Waals surface area contributed by atoms with Crippen molar-refractivity contribution < 1.29 is 9.53 Å². The van der Waals surface area contributed by atoms with E-state index in [0.29, 0.717) is 12.3 Å². The van der Waals surface area contributed by atoms with Crippen LogP contribution in [-0.4, -0.2) is 22.3 Å². The summed E-state index contributed by atoms with van der Waals surface area (Å²) in [5, 5.41) is 7.46. The van der Waals surface area contributed by atoms with Gasteiger partial charge in [0.25, 0.3) is 5.91 Å². The Hall–Kier alpha value is -3.08. The molecule has 1 N–H and O–H groups in total. The zero-order chi connectivity index (χ0) is 16.5. The Bertz CT molecular complexity index is 887. The first-order valence-corrected chi connectivity index (χ1v) is 7.86. The number of hydrogen-bond donors (Lipinski definition) is 1. The van der Waals surface area contributed by atoms with Gasteiger partial charge in [0.1, 0.15) is 12.4 Å². The van der Waals surface area contributed by atoms with Gasteiger partial charge in [-0.05, 0) is 25.1 Å². The smallest absolute Gasteiger partial charge is 0.272 e. The van der Waals surface area contributed by atoms with Gasteiger partial charge in [-0.25, -0.2) is 4.68 Å². The van der Waals surface area contributed by atoms with E-state index in [1.165, 1.54) is 0 Å². The minimum Gasteiger partial charge on any atom is -0.491 e. The van der Waals surface area contributed by atoms with E-state index >= 15 is 0 Å². The summed E-state index contributed by atoms with van der Waals surface area (Å²) in [6.45, 7) is 2.34. The second-order valence-electron chi connectivity index (χ2n) is 5.82. The molecule has 3 aromatic rings. The first-order valence-electron chi connectivity index (χ1n) is 7.86. The number of nitrogens with one attached hydrogen (secondary N) is 1. The number of nitrogens with zero attached hydrogens (tertiary/aromatic N) is 2. The van der Waals surface area contributed by atoms with E-state index < -0.39 is 0 Å². The largest absolute Gasteiger partial charge is 0.491 e. The Morgan fingerprint density at radius 1 is 1.17 bits per heavy atom. The van der Waals surface area contributed by atoms with E-state index in [1.807, 2.05) is 67.7 Å². The van der Waals surface area contributed by atoms with Crippen LogP contribution in [0.4, 0.5) is 0 Å². The highest BCUT2D eigenvalue weighted by atomic mass is 16.5. The van der Waals surface area contributed by atoms with E-state index in [4.69, 9.17) is 4.74 Å². The van der Waals surface area contributed by atoms with Gasteiger partial charge < -0.3 is 10.1 Å². The quantitative estimate of drug-likeness (QED) is 0.807. The summed E-state index contributed by atoms with van der Waals surface area (Å²) in [6.07, 6.45) is 1.86. The third-order valence-corrected chi connectivity index (χ3v) is 4.14. The highest BCUT2D eigenvalue weighted by Gasteiger charge is 2.26. The molecule has 0 radical (unpaired) electrons. The number of carbonyl (C=O) groups excluding carboxylic acids is 1. The summed E-state index contributed by atoms with van der Waals surface area (Å²) in [6, 6.07) is 17.4. The van der Waals surface area contributed by atoms with Crippen LogP contribution < -0.4 is 10.1 Å². The number of para-hydroxylation sites is 2. The lowest BCUT2D eigenvalue weighted by molar-refractivity contribution is 0.0924. The number of ether oxygens (including phenoxy) is 1. The van der Waals surface area contributed by atoms with Gasteiger partial charge in [0.15, 0.2) is 5.69 Å². The molecule has 24 heavy (non-hydrogen) atoms. The van der Waals surface area contributed by atoms with Crippen LogP contribution in [0.3, 0.4) is 0 Å². The number of carbonyl (C=O) groups is 1. The van der Waals surface area contributed by atoms with Crippen molar-refractivity contribution in [2.45, 2.75) is 13.0 Å². The topological polar surface area (TPSA) is 56.2 Å². The van der Waals surface area contributed by atoms with E-state index in [2.05, 4.69) is 10.4 Å². The average Bonchev–Trinajstić information content (AvgIpc) is 3.20. The van der Waals surface area contributed by atoms with Crippen LogP contribution in [0.1, 0.15) is 27.7 Å². The predicted molar refractivity (Wildman–Crippen MR) is 90.4 cm³/mol. The molecule has 120 valence electrons. The monoisotopic (exact) mass is 319 g/mol. The van der Waals surface area contributed by atoms with E-state index in [9.17, 15) is 4.79 Å². The normalized spacial score (nSPS) is 15.6. The maximum Gasteiger partial charge on any atom is 0.272 e. The lowest BCUT2D eigenvalue weighted by Crippen LogP contribution is -2.30. The second-order valence-corrected chi connectivity index (χ2v) is 5.82. The molecule has 1 atom stereocenters. The minimum absolute atomic E-state index is 0.144. The van der Waals surface area contributed by atoms with Gasteiger partial charge in [-0.15, -0.1) is 0 Å². The first-order chi connectivity index (χ1) is 11.7.